The number of benzene rings is 1. The number of hydrogen-bond acceptors (Lipinski definition) is 3. The van der Waals surface area contributed by atoms with Crippen LogP contribution < -0.4 is 0 Å². The molecule has 1 unspecified atom stereocenters. The van der Waals surface area contributed by atoms with E-state index < -0.39 is 0 Å². The number of carbonyl (C=O) groups excluding carboxylic acids is 1. The molecule has 2 heterocycles. The van der Waals surface area contributed by atoms with Crippen LogP contribution in [0.4, 0.5) is 0 Å². The van der Waals surface area contributed by atoms with Gasteiger partial charge in [0.15, 0.2) is 0 Å². The van der Waals surface area contributed by atoms with Crippen LogP contribution in [0, 0.1) is 0 Å². The molecule has 0 N–H and O–H groups in total. The van der Waals surface area contributed by atoms with Gasteiger partial charge in [0.25, 0.3) is 0 Å². The Labute approximate surface area is 143 Å². The van der Waals surface area contributed by atoms with Crippen molar-refractivity contribution < 1.29 is 4.79 Å². The Morgan fingerprint density at radius 3 is 2.71 bits per heavy atom. The molecular formula is C19H26N4O. The molecule has 1 saturated heterocycles. The van der Waals surface area contributed by atoms with Crippen LogP contribution in [0.1, 0.15) is 24.6 Å². The Balaban J connectivity index is 1.59. The second kappa shape index (κ2) is 7.62. The van der Waals surface area contributed by atoms with Crippen LogP contribution in [-0.2, 0) is 24.8 Å². The highest BCUT2D eigenvalue weighted by Gasteiger charge is 2.25. The Kier molecular flexibility index (Phi) is 5.30. The van der Waals surface area contributed by atoms with Gasteiger partial charge in [-0.2, -0.15) is 5.10 Å². The van der Waals surface area contributed by atoms with Crippen LogP contribution in [0.5, 0.6) is 0 Å². The highest BCUT2D eigenvalue weighted by atomic mass is 16.2. The Morgan fingerprint density at radius 1 is 1.21 bits per heavy atom. The molecule has 3 rings (SSSR count). The maximum atomic E-state index is 12.7. The maximum absolute atomic E-state index is 12.7. The normalized spacial score (nSPS) is 19.2. The lowest BCUT2D eigenvalue weighted by Crippen LogP contribution is -2.43. The van der Waals surface area contributed by atoms with E-state index in [0.717, 1.165) is 38.3 Å². The zero-order chi connectivity index (χ0) is 16.9. The molecule has 1 atom stereocenters. The molecule has 0 aliphatic carbocycles. The maximum Gasteiger partial charge on any atom is 0.228 e. The fraction of sp³-hybridized carbons (Fsp3) is 0.474. The van der Waals surface area contributed by atoms with Gasteiger partial charge in [0, 0.05) is 45.5 Å². The van der Waals surface area contributed by atoms with E-state index >= 15 is 0 Å². The van der Waals surface area contributed by atoms with E-state index in [1.54, 1.807) is 4.68 Å². The number of aromatic nitrogens is 2. The molecule has 128 valence electrons. The van der Waals surface area contributed by atoms with Gasteiger partial charge in [0.1, 0.15) is 0 Å². The molecule has 5 heteroatoms. The average molecular weight is 326 g/mol. The molecule has 5 nitrogen and oxygen atoms in total. The molecule has 1 aromatic carbocycles. The van der Waals surface area contributed by atoms with Gasteiger partial charge in [-0.05, 0) is 25.0 Å². The average Bonchev–Trinajstić information content (AvgIpc) is 2.87. The summed E-state index contributed by atoms with van der Waals surface area (Å²) in [6, 6.07) is 12.7. The summed E-state index contributed by atoms with van der Waals surface area (Å²) in [6.07, 6.45) is 3.30. The molecular weight excluding hydrogens is 300 g/mol. The summed E-state index contributed by atoms with van der Waals surface area (Å²) < 4.78 is 1.75. The minimum Gasteiger partial charge on any atom is -0.338 e. The van der Waals surface area contributed by atoms with Crippen molar-refractivity contribution in [2.45, 2.75) is 32.4 Å². The van der Waals surface area contributed by atoms with Gasteiger partial charge in [-0.25, -0.2) is 0 Å². The lowest BCUT2D eigenvalue weighted by molar-refractivity contribution is -0.132. The van der Waals surface area contributed by atoms with Crippen LogP contribution in [0.15, 0.2) is 42.6 Å². The second-order valence-electron chi connectivity index (χ2n) is 6.67. The lowest BCUT2D eigenvalue weighted by atomic mass is 10.2. The quantitative estimate of drug-likeness (QED) is 0.864. The van der Waals surface area contributed by atoms with E-state index in [9.17, 15) is 4.79 Å². The van der Waals surface area contributed by atoms with Crippen LogP contribution in [0.3, 0.4) is 0 Å². The number of aryl methyl sites for hydroxylation is 1. The van der Waals surface area contributed by atoms with Gasteiger partial charge < -0.3 is 4.90 Å². The number of amides is 1. The van der Waals surface area contributed by atoms with Crippen LogP contribution in [0.25, 0.3) is 0 Å². The molecule has 1 aromatic heterocycles. The fourth-order valence-electron chi connectivity index (χ4n) is 3.42. The number of hydrogen-bond donors (Lipinski definition) is 0. The van der Waals surface area contributed by atoms with Crippen molar-refractivity contribution in [3.8, 4) is 0 Å². The largest absolute Gasteiger partial charge is 0.338 e. The highest BCUT2D eigenvalue weighted by molar-refractivity contribution is 5.78. The third-order valence-corrected chi connectivity index (χ3v) is 4.60. The first-order chi connectivity index (χ1) is 11.6. The Morgan fingerprint density at radius 2 is 2.00 bits per heavy atom. The van der Waals surface area contributed by atoms with Gasteiger partial charge >= 0.3 is 0 Å². The van der Waals surface area contributed by atoms with Gasteiger partial charge in [0.05, 0.1) is 12.1 Å². The van der Waals surface area contributed by atoms with Gasteiger partial charge in [-0.1, -0.05) is 30.3 Å². The van der Waals surface area contributed by atoms with Crippen molar-refractivity contribution >= 4 is 5.91 Å². The van der Waals surface area contributed by atoms with E-state index in [0.29, 0.717) is 6.42 Å². The van der Waals surface area contributed by atoms with Gasteiger partial charge in [-0.3, -0.25) is 14.4 Å². The summed E-state index contributed by atoms with van der Waals surface area (Å²) in [5.74, 6) is 0.183. The molecule has 0 spiro atoms. The number of carbonyl (C=O) groups is 1. The van der Waals surface area contributed by atoms with E-state index in [1.165, 1.54) is 5.56 Å². The summed E-state index contributed by atoms with van der Waals surface area (Å²) in [6.45, 7) is 5.89. The van der Waals surface area contributed by atoms with Crippen molar-refractivity contribution in [2.75, 3.05) is 19.6 Å². The molecule has 24 heavy (non-hydrogen) atoms. The summed E-state index contributed by atoms with van der Waals surface area (Å²) in [5.41, 5.74) is 2.18. The minimum absolute atomic E-state index is 0.183. The smallest absolute Gasteiger partial charge is 0.228 e. The van der Waals surface area contributed by atoms with Crippen LogP contribution >= 0.6 is 0 Å². The standard InChI is InChI=1S/C19H26N4O/c1-16-14-22(15-17-7-4-3-5-8-17)10-6-11-23(16)19(24)13-18-9-12-21(2)20-18/h3-5,7-9,12,16H,6,10-11,13-15H2,1-2H3. The van der Waals surface area contributed by atoms with Crippen molar-refractivity contribution in [3.63, 3.8) is 0 Å². The summed E-state index contributed by atoms with van der Waals surface area (Å²) in [7, 11) is 1.88. The molecule has 1 amide bonds. The molecule has 0 bridgehead atoms. The fourth-order valence-corrected chi connectivity index (χ4v) is 3.42. The first-order valence-electron chi connectivity index (χ1n) is 8.66. The lowest BCUT2D eigenvalue weighted by Gasteiger charge is -2.29. The number of nitrogens with zero attached hydrogens (tertiary/aromatic N) is 4. The second-order valence-corrected chi connectivity index (χ2v) is 6.67. The molecule has 0 radical (unpaired) electrons. The molecule has 1 fully saturated rings. The van der Waals surface area contributed by atoms with Crippen molar-refractivity contribution in [1.82, 2.24) is 19.6 Å². The van der Waals surface area contributed by atoms with E-state index in [4.69, 9.17) is 0 Å². The first kappa shape index (κ1) is 16.7. The first-order valence-corrected chi connectivity index (χ1v) is 8.66. The molecule has 1 aliphatic heterocycles. The monoisotopic (exact) mass is 326 g/mol. The van der Waals surface area contributed by atoms with Gasteiger partial charge in [-0.15, -0.1) is 0 Å². The van der Waals surface area contributed by atoms with Crippen molar-refractivity contribution in [2.24, 2.45) is 7.05 Å². The van der Waals surface area contributed by atoms with Crippen LogP contribution in [-0.4, -0.2) is 51.2 Å². The van der Waals surface area contributed by atoms with E-state index in [-0.39, 0.29) is 11.9 Å². The molecule has 0 saturated carbocycles. The molecule has 2 aromatic rings. The van der Waals surface area contributed by atoms with Crippen molar-refractivity contribution in [1.29, 1.82) is 0 Å². The van der Waals surface area contributed by atoms with Crippen molar-refractivity contribution in [3.05, 3.63) is 53.9 Å². The predicted octanol–water partition coefficient (Wildman–Crippen LogP) is 2.09. The SMILES string of the molecule is CC1CN(Cc2ccccc2)CCCN1C(=O)Cc1ccn(C)n1. The summed E-state index contributed by atoms with van der Waals surface area (Å²) in [4.78, 5) is 17.1. The number of rotatable bonds is 4. The topological polar surface area (TPSA) is 41.4 Å². The minimum atomic E-state index is 0.183. The zero-order valence-electron chi connectivity index (χ0n) is 14.6. The van der Waals surface area contributed by atoms with E-state index in [1.807, 2.05) is 30.3 Å². The Bertz CT molecular complexity index is 667. The third-order valence-electron chi connectivity index (χ3n) is 4.60. The predicted molar refractivity (Wildman–Crippen MR) is 94.4 cm³/mol. The Hall–Kier alpha value is -2.14. The molecule has 1 aliphatic rings. The van der Waals surface area contributed by atoms with E-state index in [2.05, 4.69) is 41.2 Å². The third kappa shape index (κ3) is 4.23. The summed E-state index contributed by atoms with van der Waals surface area (Å²) in [5, 5.41) is 4.32. The van der Waals surface area contributed by atoms with Gasteiger partial charge in [0.2, 0.25) is 5.91 Å². The zero-order valence-corrected chi connectivity index (χ0v) is 14.6. The highest BCUT2D eigenvalue weighted by Crippen LogP contribution is 2.14. The summed E-state index contributed by atoms with van der Waals surface area (Å²) >= 11 is 0. The van der Waals surface area contributed by atoms with Crippen LogP contribution in [0.2, 0.25) is 0 Å².